The number of nitrogens with zero attached hydrogens (tertiary/aromatic N) is 5. The van der Waals surface area contributed by atoms with Crippen molar-refractivity contribution in [2.45, 2.75) is 39.0 Å². The monoisotopic (exact) mass is 512 g/mol. The van der Waals surface area contributed by atoms with Crippen LogP contribution in [0.15, 0.2) is 76.1 Å². The van der Waals surface area contributed by atoms with Gasteiger partial charge in [-0.25, -0.2) is 4.68 Å². The largest absolute Gasteiger partial charge is 0.486 e. The molecule has 38 heavy (non-hydrogen) atoms. The Labute approximate surface area is 218 Å². The van der Waals surface area contributed by atoms with Crippen molar-refractivity contribution in [3.8, 4) is 11.5 Å². The maximum atomic E-state index is 13.3. The van der Waals surface area contributed by atoms with Crippen LogP contribution in [0.5, 0.6) is 11.5 Å². The van der Waals surface area contributed by atoms with E-state index in [1.807, 2.05) is 48.5 Å². The van der Waals surface area contributed by atoms with Crippen LogP contribution >= 0.6 is 0 Å². The van der Waals surface area contributed by atoms with Gasteiger partial charge < -0.3 is 18.9 Å². The Bertz CT molecular complexity index is 1580. The summed E-state index contributed by atoms with van der Waals surface area (Å²) >= 11 is 0. The summed E-state index contributed by atoms with van der Waals surface area (Å²) in [7, 11) is 0. The van der Waals surface area contributed by atoms with Crippen molar-refractivity contribution in [2.24, 2.45) is 0 Å². The maximum Gasteiger partial charge on any atom is 0.252 e. The third-order valence-electron chi connectivity index (χ3n) is 6.76. The van der Waals surface area contributed by atoms with Crippen LogP contribution in [-0.4, -0.2) is 43.3 Å². The summed E-state index contributed by atoms with van der Waals surface area (Å²) in [5.41, 5.74) is 2.35. The molecule has 0 unspecified atom stereocenters. The van der Waals surface area contributed by atoms with E-state index < -0.39 is 0 Å². The van der Waals surface area contributed by atoms with Crippen LogP contribution in [0.3, 0.4) is 0 Å². The molecule has 0 saturated carbocycles. The standard InChI is InChI=1S/C28H28N6O4/c1-2-24(27-30-31-32-34(27)18-22-9-6-10-36-22)33(16-19-7-4-3-5-8-19)17-21-13-20-14-25-26(38-12-11-37-25)15-23(20)29-28(21)35/h3-10,13-15,24H,2,11-12,16-18H2,1H3,(H,29,35)/t24-/m0/s1. The zero-order valence-electron chi connectivity index (χ0n) is 21.0. The van der Waals surface area contributed by atoms with Crippen LogP contribution in [0.1, 0.15) is 42.1 Å². The minimum atomic E-state index is -0.143. The first kappa shape index (κ1) is 23.9. The van der Waals surface area contributed by atoms with Gasteiger partial charge in [0, 0.05) is 30.1 Å². The van der Waals surface area contributed by atoms with Crippen LogP contribution < -0.4 is 15.0 Å². The molecule has 10 nitrogen and oxygen atoms in total. The summed E-state index contributed by atoms with van der Waals surface area (Å²) in [5.74, 6) is 2.82. The van der Waals surface area contributed by atoms with Crippen molar-refractivity contribution < 1.29 is 13.9 Å². The fraction of sp³-hybridized carbons (Fsp3) is 0.286. The molecule has 4 heterocycles. The van der Waals surface area contributed by atoms with Gasteiger partial charge in [0.25, 0.3) is 5.56 Å². The highest BCUT2D eigenvalue weighted by Crippen LogP contribution is 2.34. The molecular weight excluding hydrogens is 484 g/mol. The van der Waals surface area contributed by atoms with Gasteiger partial charge in [0.05, 0.1) is 17.8 Å². The Hall–Kier alpha value is -4.44. The number of fused-ring (bicyclic) bond motifs is 2. The number of tetrazole rings is 1. The van der Waals surface area contributed by atoms with Gasteiger partial charge >= 0.3 is 0 Å². The SMILES string of the molecule is CC[C@@H](c1nnnn1Cc1ccco1)N(Cc1ccccc1)Cc1cc2cc3c(cc2[nH]c1=O)OCCO3. The Morgan fingerprint density at radius 3 is 2.61 bits per heavy atom. The first-order chi connectivity index (χ1) is 18.7. The summed E-state index contributed by atoms with van der Waals surface area (Å²) in [6.45, 7) is 4.54. The molecule has 2 aromatic carbocycles. The number of aromatic amines is 1. The van der Waals surface area contributed by atoms with Gasteiger partial charge in [-0.2, -0.15) is 0 Å². The Balaban J connectivity index is 1.36. The molecule has 194 valence electrons. The molecule has 0 aliphatic carbocycles. The Kier molecular flexibility index (Phi) is 6.62. The predicted octanol–water partition coefficient (Wildman–Crippen LogP) is 4.08. The van der Waals surface area contributed by atoms with Crippen LogP contribution in [0.25, 0.3) is 10.9 Å². The molecule has 0 bridgehead atoms. The lowest BCUT2D eigenvalue weighted by Crippen LogP contribution is -2.32. The zero-order valence-corrected chi connectivity index (χ0v) is 21.0. The number of nitrogens with one attached hydrogen (secondary N) is 1. The van der Waals surface area contributed by atoms with E-state index in [0.717, 1.165) is 29.0 Å². The second kappa shape index (κ2) is 10.5. The Morgan fingerprint density at radius 2 is 1.84 bits per heavy atom. The normalized spacial score (nSPS) is 13.7. The lowest BCUT2D eigenvalue weighted by molar-refractivity contribution is 0.161. The van der Waals surface area contributed by atoms with Crippen LogP contribution in [0.4, 0.5) is 0 Å². The second-order valence-corrected chi connectivity index (χ2v) is 9.30. The number of hydrogen-bond acceptors (Lipinski definition) is 8. The molecule has 10 heteroatoms. The predicted molar refractivity (Wildman–Crippen MR) is 140 cm³/mol. The molecule has 6 rings (SSSR count). The number of rotatable bonds is 9. The minimum Gasteiger partial charge on any atom is -0.486 e. The van der Waals surface area contributed by atoms with E-state index in [2.05, 4.69) is 44.5 Å². The summed E-state index contributed by atoms with van der Waals surface area (Å²) in [6.07, 6.45) is 2.38. The second-order valence-electron chi connectivity index (χ2n) is 9.30. The van der Waals surface area contributed by atoms with E-state index in [1.165, 1.54) is 0 Å². The highest BCUT2D eigenvalue weighted by Gasteiger charge is 2.26. The van der Waals surface area contributed by atoms with E-state index in [1.54, 1.807) is 10.9 Å². The lowest BCUT2D eigenvalue weighted by atomic mass is 10.1. The minimum absolute atomic E-state index is 0.141. The molecule has 0 saturated heterocycles. The topological polar surface area (TPSA) is 111 Å². The van der Waals surface area contributed by atoms with E-state index in [0.29, 0.717) is 55.4 Å². The van der Waals surface area contributed by atoms with Gasteiger partial charge in [-0.05, 0) is 46.7 Å². The zero-order chi connectivity index (χ0) is 25.9. The van der Waals surface area contributed by atoms with Crippen molar-refractivity contribution in [1.29, 1.82) is 0 Å². The molecule has 0 radical (unpaired) electrons. The number of aromatic nitrogens is 5. The molecule has 0 amide bonds. The molecule has 0 fully saturated rings. The molecule has 1 atom stereocenters. The highest BCUT2D eigenvalue weighted by atomic mass is 16.6. The van der Waals surface area contributed by atoms with Crippen LogP contribution in [-0.2, 0) is 19.6 Å². The average Bonchev–Trinajstić information content (AvgIpc) is 3.62. The van der Waals surface area contributed by atoms with Gasteiger partial charge in [0.1, 0.15) is 25.5 Å². The quantitative estimate of drug-likeness (QED) is 0.315. The van der Waals surface area contributed by atoms with Crippen molar-refractivity contribution >= 4 is 10.9 Å². The van der Waals surface area contributed by atoms with Crippen molar-refractivity contribution in [3.05, 3.63) is 100.0 Å². The number of furan rings is 1. The first-order valence-corrected chi connectivity index (χ1v) is 12.7. The number of pyridine rings is 1. The van der Waals surface area contributed by atoms with Crippen LogP contribution in [0, 0.1) is 0 Å². The average molecular weight is 513 g/mol. The first-order valence-electron chi connectivity index (χ1n) is 12.7. The molecule has 1 aliphatic rings. The van der Waals surface area contributed by atoms with Gasteiger partial charge in [-0.15, -0.1) is 5.10 Å². The molecule has 0 spiro atoms. The van der Waals surface area contributed by atoms with Gasteiger partial charge in [0.2, 0.25) is 0 Å². The molecule has 1 aliphatic heterocycles. The molecular formula is C28H28N6O4. The summed E-state index contributed by atoms with van der Waals surface area (Å²) in [4.78, 5) is 18.5. The third kappa shape index (κ3) is 4.90. The highest BCUT2D eigenvalue weighted by molar-refractivity contribution is 5.83. The number of H-pyrrole nitrogens is 1. The van der Waals surface area contributed by atoms with Gasteiger partial charge in [-0.1, -0.05) is 37.3 Å². The molecule has 3 aromatic heterocycles. The van der Waals surface area contributed by atoms with E-state index in [-0.39, 0.29) is 11.6 Å². The lowest BCUT2D eigenvalue weighted by Gasteiger charge is -2.30. The number of ether oxygens (including phenoxy) is 2. The van der Waals surface area contributed by atoms with Gasteiger partial charge in [-0.3, -0.25) is 9.69 Å². The van der Waals surface area contributed by atoms with E-state index in [9.17, 15) is 4.79 Å². The summed E-state index contributed by atoms with van der Waals surface area (Å²) in [6, 6.07) is 19.5. The number of benzene rings is 2. The van der Waals surface area contributed by atoms with Crippen LogP contribution in [0.2, 0.25) is 0 Å². The Morgan fingerprint density at radius 1 is 1.03 bits per heavy atom. The van der Waals surface area contributed by atoms with E-state index in [4.69, 9.17) is 13.9 Å². The fourth-order valence-corrected chi connectivity index (χ4v) is 4.94. The molecule has 1 N–H and O–H groups in total. The van der Waals surface area contributed by atoms with Crippen molar-refractivity contribution in [2.75, 3.05) is 13.2 Å². The van der Waals surface area contributed by atoms with Crippen molar-refractivity contribution in [3.63, 3.8) is 0 Å². The number of hydrogen-bond donors (Lipinski definition) is 1. The maximum absolute atomic E-state index is 13.3. The smallest absolute Gasteiger partial charge is 0.252 e. The third-order valence-corrected chi connectivity index (χ3v) is 6.76. The van der Waals surface area contributed by atoms with Crippen molar-refractivity contribution in [1.82, 2.24) is 30.1 Å². The summed E-state index contributed by atoms with van der Waals surface area (Å²) < 4.78 is 18.7. The summed E-state index contributed by atoms with van der Waals surface area (Å²) in [5, 5.41) is 13.5. The van der Waals surface area contributed by atoms with Gasteiger partial charge in [0.15, 0.2) is 17.3 Å². The molecule has 5 aromatic rings. The fourth-order valence-electron chi connectivity index (χ4n) is 4.94. The van der Waals surface area contributed by atoms with E-state index >= 15 is 0 Å².